The molecule has 0 spiro atoms. The zero-order valence-electron chi connectivity index (χ0n) is 9.25. The number of aryl methyl sites for hydroxylation is 1. The number of hydrogen-bond acceptors (Lipinski definition) is 1. The number of para-hydroxylation sites is 1. The third-order valence-electron chi connectivity index (χ3n) is 2.62. The summed E-state index contributed by atoms with van der Waals surface area (Å²) in [5, 5.41) is 1.09. The molecule has 0 amide bonds. The van der Waals surface area contributed by atoms with Gasteiger partial charge in [-0.1, -0.05) is 32.0 Å². The molecule has 0 saturated carbocycles. The lowest BCUT2D eigenvalue weighted by molar-refractivity contribution is 0.486. The van der Waals surface area contributed by atoms with Gasteiger partial charge in [-0.3, -0.25) is 0 Å². The third-order valence-corrected chi connectivity index (χ3v) is 3.34. The van der Waals surface area contributed by atoms with E-state index in [2.05, 4.69) is 19.9 Å². The Morgan fingerprint density at radius 3 is 2.60 bits per heavy atom. The molecule has 2 rings (SSSR count). The van der Waals surface area contributed by atoms with Gasteiger partial charge in [0.25, 0.3) is 0 Å². The Morgan fingerprint density at radius 1 is 1.27 bits per heavy atom. The Bertz CT molecular complexity index is 470. The largest absolute Gasteiger partial charge is 0.459 e. The van der Waals surface area contributed by atoms with Gasteiger partial charge in [0.2, 0.25) is 0 Å². The van der Waals surface area contributed by atoms with Crippen molar-refractivity contribution in [2.24, 2.45) is 5.92 Å². The first-order chi connectivity index (χ1) is 7.09. The lowest BCUT2D eigenvalue weighted by atomic mass is 10.1. The first-order valence-electron chi connectivity index (χ1n) is 5.22. The van der Waals surface area contributed by atoms with Crippen molar-refractivity contribution in [3.8, 4) is 0 Å². The monoisotopic (exact) mass is 222 g/mol. The van der Waals surface area contributed by atoms with Gasteiger partial charge < -0.3 is 4.42 Å². The summed E-state index contributed by atoms with van der Waals surface area (Å²) in [5.41, 5.74) is 2.12. The van der Waals surface area contributed by atoms with Crippen LogP contribution in [0.3, 0.4) is 0 Å². The van der Waals surface area contributed by atoms with Gasteiger partial charge in [0.1, 0.15) is 11.3 Å². The van der Waals surface area contributed by atoms with E-state index in [1.54, 1.807) is 0 Å². The molecule has 0 aliphatic rings. The van der Waals surface area contributed by atoms with Gasteiger partial charge in [0, 0.05) is 5.39 Å². The fourth-order valence-corrected chi connectivity index (χ4v) is 1.80. The van der Waals surface area contributed by atoms with Gasteiger partial charge in [-0.05, 0) is 24.5 Å². The van der Waals surface area contributed by atoms with Crippen molar-refractivity contribution >= 4 is 22.6 Å². The minimum absolute atomic E-state index is 0.0446. The van der Waals surface area contributed by atoms with Gasteiger partial charge >= 0.3 is 0 Å². The van der Waals surface area contributed by atoms with Crippen molar-refractivity contribution in [1.82, 2.24) is 0 Å². The smallest absolute Gasteiger partial charge is 0.137 e. The molecule has 1 unspecified atom stereocenters. The fourth-order valence-electron chi connectivity index (χ4n) is 1.69. The van der Waals surface area contributed by atoms with E-state index in [9.17, 15) is 0 Å². The molecular formula is C13H15ClO. The molecule has 0 radical (unpaired) electrons. The lowest BCUT2D eigenvalue weighted by Crippen LogP contribution is -1.96. The molecule has 80 valence electrons. The summed E-state index contributed by atoms with van der Waals surface area (Å²) >= 11 is 6.27. The van der Waals surface area contributed by atoms with E-state index in [1.807, 2.05) is 25.1 Å². The summed E-state index contributed by atoms with van der Waals surface area (Å²) in [6, 6.07) is 8.18. The van der Waals surface area contributed by atoms with E-state index in [0.717, 1.165) is 22.3 Å². The third kappa shape index (κ3) is 1.89. The normalized spacial score (nSPS) is 13.7. The molecular weight excluding hydrogens is 208 g/mol. The second kappa shape index (κ2) is 3.90. The highest BCUT2D eigenvalue weighted by Gasteiger charge is 2.17. The number of halogens is 1. The van der Waals surface area contributed by atoms with E-state index < -0.39 is 0 Å². The highest BCUT2D eigenvalue weighted by Crippen LogP contribution is 2.33. The summed E-state index contributed by atoms with van der Waals surface area (Å²) in [5.74, 6) is 1.25. The van der Waals surface area contributed by atoms with Crippen LogP contribution in [0.2, 0.25) is 0 Å². The van der Waals surface area contributed by atoms with Crippen molar-refractivity contribution in [3.63, 3.8) is 0 Å². The van der Waals surface area contributed by atoms with Crippen LogP contribution in [-0.2, 0) is 0 Å². The Labute approximate surface area is 95.0 Å². The van der Waals surface area contributed by atoms with E-state index in [4.69, 9.17) is 16.0 Å². The molecule has 1 heterocycles. The Morgan fingerprint density at radius 2 is 2.00 bits per heavy atom. The highest BCUT2D eigenvalue weighted by molar-refractivity contribution is 6.20. The molecule has 1 aromatic carbocycles. The summed E-state index contributed by atoms with van der Waals surface area (Å²) in [6.07, 6.45) is 0. The zero-order valence-corrected chi connectivity index (χ0v) is 10.0. The van der Waals surface area contributed by atoms with Crippen molar-refractivity contribution in [1.29, 1.82) is 0 Å². The van der Waals surface area contributed by atoms with Crippen LogP contribution in [0.5, 0.6) is 0 Å². The van der Waals surface area contributed by atoms with Crippen LogP contribution in [0.4, 0.5) is 0 Å². The minimum atomic E-state index is -0.0446. The molecule has 2 heteroatoms. The molecule has 0 fully saturated rings. The van der Waals surface area contributed by atoms with Crippen LogP contribution >= 0.6 is 11.6 Å². The van der Waals surface area contributed by atoms with Crippen LogP contribution < -0.4 is 0 Å². The lowest BCUT2D eigenvalue weighted by Gasteiger charge is -2.09. The number of furan rings is 1. The summed E-state index contributed by atoms with van der Waals surface area (Å²) in [4.78, 5) is 0. The molecule has 2 aromatic rings. The van der Waals surface area contributed by atoms with Gasteiger partial charge in [-0.15, -0.1) is 11.6 Å². The standard InChI is InChI=1S/C13H15ClO/c1-8(2)12(14)11-7-10-6-4-5-9(3)13(10)15-11/h4-8,12H,1-3H3. The van der Waals surface area contributed by atoms with Crippen LogP contribution in [0.1, 0.15) is 30.5 Å². The maximum absolute atomic E-state index is 6.27. The van der Waals surface area contributed by atoms with Crippen molar-refractivity contribution in [3.05, 3.63) is 35.6 Å². The second-order valence-corrected chi connectivity index (χ2v) is 4.76. The number of hydrogen-bond donors (Lipinski definition) is 0. The molecule has 0 N–H and O–H groups in total. The molecule has 0 aliphatic heterocycles. The quantitative estimate of drug-likeness (QED) is 0.673. The SMILES string of the molecule is Cc1cccc2cc(C(Cl)C(C)C)oc12. The average molecular weight is 223 g/mol. The molecule has 1 atom stereocenters. The molecule has 0 aliphatic carbocycles. The van der Waals surface area contributed by atoms with Crippen molar-refractivity contribution < 1.29 is 4.42 Å². The number of fused-ring (bicyclic) bond motifs is 1. The predicted molar refractivity (Wildman–Crippen MR) is 64.4 cm³/mol. The number of rotatable bonds is 2. The summed E-state index contributed by atoms with van der Waals surface area (Å²) in [7, 11) is 0. The average Bonchev–Trinajstić information content (AvgIpc) is 2.61. The van der Waals surface area contributed by atoms with Gasteiger partial charge in [-0.2, -0.15) is 0 Å². The molecule has 1 nitrogen and oxygen atoms in total. The van der Waals surface area contributed by atoms with Crippen molar-refractivity contribution in [2.45, 2.75) is 26.1 Å². The number of benzene rings is 1. The molecule has 0 saturated heterocycles. The topological polar surface area (TPSA) is 13.1 Å². The highest BCUT2D eigenvalue weighted by atomic mass is 35.5. The van der Waals surface area contributed by atoms with Crippen LogP contribution in [0, 0.1) is 12.8 Å². The Kier molecular flexibility index (Phi) is 2.74. The fraction of sp³-hybridized carbons (Fsp3) is 0.385. The van der Waals surface area contributed by atoms with Gasteiger partial charge in [-0.25, -0.2) is 0 Å². The van der Waals surface area contributed by atoms with Crippen LogP contribution in [0.25, 0.3) is 11.0 Å². The first-order valence-corrected chi connectivity index (χ1v) is 5.66. The van der Waals surface area contributed by atoms with E-state index in [0.29, 0.717) is 5.92 Å². The zero-order chi connectivity index (χ0) is 11.0. The van der Waals surface area contributed by atoms with Crippen LogP contribution in [-0.4, -0.2) is 0 Å². The Hall–Kier alpha value is -0.950. The van der Waals surface area contributed by atoms with Gasteiger partial charge in [0.15, 0.2) is 0 Å². The molecule has 0 bridgehead atoms. The maximum Gasteiger partial charge on any atom is 0.137 e. The summed E-state index contributed by atoms with van der Waals surface area (Å²) in [6.45, 7) is 6.24. The van der Waals surface area contributed by atoms with E-state index in [-0.39, 0.29) is 5.38 Å². The second-order valence-electron chi connectivity index (χ2n) is 4.29. The van der Waals surface area contributed by atoms with Crippen molar-refractivity contribution in [2.75, 3.05) is 0 Å². The van der Waals surface area contributed by atoms with E-state index >= 15 is 0 Å². The van der Waals surface area contributed by atoms with Gasteiger partial charge in [0.05, 0.1) is 5.38 Å². The minimum Gasteiger partial charge on any atom is -0.459 e. The molecule has 1 aromatic heterocycles. The molecule has 15 heavy (non-hydrogen) atoms. The summed E-state index contributed by atoms with van der Waals surface area (Å²) < 4.78 is 5.79. The Balaban J connectivity index is 2.52. The predicted octanol–water partition coefficient (Wildman–Crippen LogP) is 4.68. The van der Waals surface area contributed by atoms with E-state index in [1.165, 1.54) is 0 Å². The number of alkyl halides is 1. The first kappa shape index (κ1) is 10.6. The maximum atomic E-state index is 6.27. The van der Waals surface area contributed by atoms with Crippen LogP contribution in [0.15, 0.2) is 28.7 Å².